The van der Waals surface area contributed by atoms with Gasteiger partial charge < -0.3 is 4.74 Å². The predicted molar refractivity (Wildman–Crippen MR) is 81.9 cm³/mol. The SMILES string of the molecule is O=c1n(Cc2cc(Br)cc3c2OCC3)nc2ccccn12. The summed E-state index contributed by atoms with van der Waals surface area (Å²) in [6.45, 7) is 1.10. The van der Waals surface area contributed by atoms with Crippen LogP contribution in [0.2, 0.25) is 0 Å². The van der Waals surface area contributed by atoms with Crippen LogP contribution in [-0.2, 0) is 13.0 Å². The quantitative estimate of drug-likeness (QED) is 0.715. The van der Waals surface area contributed by atoms with Gasteiger partial charge in [0.1, 0.15) is 5.75 Å². The van der Waals surface area contributed by atoms with Crippen LogP contribution in [0.3, 0.4) is 0 Å². The molecular weight excluding hydrogens is 334 g/mol. The smallest absolute Gasteiger partial charge is 0.350 e. The van der Waals surface area contributed by atoms with E-state index in [0.717, 1.165) is 22.2 Å². The fourth-order valence-corrected chi connectivity index (χ4v) is 3.25. The number of rotatable bonds is 2. The van der Waals surface area contributed by atoms with Gasteiger partial charge in [-0.15, -0.1) is 5.10 Å². The average Bonchev–Trinajstić information content (AvgIpc) is 3.05. The molecule has 1 aromatic carbocycles. The zero-order chi connectivity index (χ0) is 14.4. The molecule has 1 aliphatic heterocycles. The number of hydrogen-bond donors (Lipinski definition) is 0. The van der Waals surface area contributed by atoms with E-state index in [2.05, 4.69) is 27.1 Å². The lowest BCUT2D eigenvalue weighted by molar-refractivity contribution is 0.352. The number of benzene rings is 1. The van der Waals surface area contributed by atoms with Crippen LogP contribution >= 0.6 is 15.9 Å². The van der Waals surface area contributed by atoms with E-state index in [4.69, 9.17) is 4.74 Å². The van der Waals surface area contributed by atoms with Crippen molar-refractivity contribution in [3.05, 3.63) is 62.6 Å². The van der Waals surface area contributed by atoms with Crippen LogP contribution in [0, 0.1) is 0 Å². The Kier molecular flexibility index (Phi) is 2.85. The van der Waals surface area contributed by atoms with Crippen LogP contribution in [-0.4, -0.2) is 20.8 Å². The van der Waals surface area contributed by atoms with Crippen molar-refractivity contribution in [2.45, 2.75) is 13.0 Å². The van der Waals surface area contributed by atoms with Gasteiger partial charge in [-0.1, -0.05) is 22.0 Å². The van der Waals surface area contributed by atoms with E-state index < -0.39 is 0 Å². The predicted octanol–water partition coefficient (Wildman–Crippen LogP) is 2.24. The van der Waals surface area contributed by atoms with Gasteiger partial charge in [0.2, 0.25) is 0 Å². The molecule has 0 unspecified atom stereocenters. The molecule has 21 heavy (non-hydrogen) atoms. The first-order valence-corrected chi connectivity index (χ1v) is 7.50. The first-order valence-electron chi connectivity index (χ1n) is 6.71. The van der Waals surface area contributed by atoms with Gasteiger partial charge in [0, 0.05) is 22.7 Å². The van der Waals surface area contributed by atoms with Crippen LogP contribution in [0.4, 0.5) is 0 Å². The third kappa shape index (κ3) is 2.06. The number of ether oxygens (including phenoxy) is 1. The Hall–Kier alpha value is -2.08. The molecule has 5 nitrogen and oxygen atoms in total. The van der Waals surface area contributed by atoms with Crippen molar-refractivity contribution in [3.8, 4) is 5.75 Å². The first kappa shape index (κ1) is 12.6. The summed E-state index contributed by atoms with van der Waals surface area (Å²) >= 11 is 3.51. The van der Waals surface area contributed by atoms with E-state index in [-0.39, 0.29) is 5.69 Å². The zero-order valence-corrected chi connectivity index (χ0v) is 12.7. The van der Waals surface area contributed by atoms with E-state index in [1.807, 2.05) is 24.3 Å². The molecule has 106 valence electrons. The van der Waals surface area contributed by atoms with Crippen LogP contribution in [0.5, 0.6) is 5.75 Å². The molecule has 3 aromatic rings. The van der Waals surface area contributed by atoms with Crippen LogP contribution in [0.15, 0.2) is 45.8 Å². The van der Waals surface area contributed by atoms with Crippen molar-refractivity contribution in [3.63, 3.8) is 0 Å². The molecule has 0 fully saturated rings. The van der Waals surface area contributed by atoms with Gasteiger partial charge in [-0.25, -0.2) is 9.48 Å². The Morgan fingerprint density at radius 2 is 2.24 bits per heavy atom. The Morgan fingerprint density at radius 1 is 1.33 bits per heavy atom. The van der Waals surface area contributed by atoms with E-state index >= 15 is 0 Å². The maximum absolute atomic E-state index is 12.3. The van der Waals surface area contributed by atoms with Crippen molar-refractivity contribution in [2.24, 2.45) is 0 Å². The largest absolute Gasteiger partial charge is 0.493 e. The van der Waals surface area contributed by atoms with Gasteiger partial charge in [-0.05, 0) is 29.8 Å². The molecule has 0 amide bonds. The zero-order valence-electron chi connectivity index (χ0n) is 11.1. The van der Waals surface area contributed by atoms with Gasteiger partial charge in [0.05, 0.1) is 13.2 Å². The minimum Gasteiger partial charge on any atom is -0.493 e. The Morgan fingerprint density at radius 3 is 3.10 bits per heavy atom. The number of hydrogen-bond acceptors (Lipinski definition) is 3. The molecule has 0 bridgehead atoms. The van der Waals surface area contributed by atoms with Crippen molar-refractivity contribution >= 4 is 21.6 Å². The molecule has 0 radical (unpaired) electrons. The molecular formula is C15H12BrN3O2. The molecule has 0 N–H and O–H groups in total. The average molecular weight is 346 g/mol. The van der Waals surface area contributed by atoms with E-state index in [1.165, 1.54) is 10.2 Å². The highest BCUT2D eigenvalue weighted by atomic mass is 79.9. The molecule has 1 aliphatic rings. The second kappa shape index (κ2) is 4.73. The van der Waals surface area contributed by atoms with Gasteiger partial charge in [0.25, 0.3) is 0 Å². The van der Waals surface area contributed by atoms with Crippen molar-refractivity contribution in [1.29, 1.82) is 0 Å². The van der Waals surface area contributed by atoms with Gasteiger partial charge in [0.15, 0.2) is 5.65 Å². The van der Waals surface area contributed by atoms with Crippen LogP contribution < -0.4 is 10.4 Å². The number of fused-ring (bicyclic) bond motifs is 2. The van der Waals surface area contributed by atoms with Crippen molar-refractivity contribution in [1.82, 2.24) is 14.2 Å². The lowest BCUT2D eigenvalue weighted by atomic mass is 10.1. The Balaban J connectivity index is 1.82. The summed E-state index contributed by atoms with van der Waals surface area (Å²) in [5, 5.41) is 4.36. The van der Waals surface area contributed by atoms with E-state index in [9.17, 15) is 4.79 Å². The minimum atomic E-state index is -0.141. The van der Waals surface area contributed by atoms with Crippen LogP contribution in [0.1, 0.15) is 11.1 Å². The lowest BCUT2D eigenvalue weighted by Crippen LogP contribution is -2.21. The molecule has 3 heterocycles. The summed E-state index contributed by atoms with van der Waals surface area (Å²) in [5.41, 5.74) is 2.66. The number of halogens is 1. The molecule has 0 atom stereocenters. The topological polar surface area (TPSA) is 48.5 Å². The fraction of sp³-hybridized carbons (Fsp3) is 0.200. The maximum atomic E-state index is 12.3. The summed E-state index contributed by atoms with van der Waals surface area (Å²) in [6, 6.07) is 9.56. The highest BCUT2D eigenvalue weighted by molar-refractivity contribution is 9.10. The molecule has 0 aliphatic carbocycles. The second-order valence-corrected chi connectivity index (χ2v) is 5.94. The monoisotopic (exact) mass is 345 g/mol. The maximum Gasteiger partial charge on any atom is 0.350 e. The summed E-state index contributed by atoms with van der Waals surface area (Å²) in [5.74, 6) is 0.891. The van der Waals surface area contributed by atoms with Crippen LogP contribution in [0.25, 0.3) is 5.65 Å². The van der Waals surface area contributed by atoms with Crippen molar-refractivity contribution in [2.75, 3.05) is 6.61 Å². The number of pyridine rings is 1. The van der Waals surface area contributed by atoms with Crippen molar-refractivity contribution < 1.29 is 4.74 Å². The highest BCUT2D eigenvalue weighted by Gasteiger charge is 2.19. The molecule has 2 aromatic heterocycles. The minimum absolute atomic E-state index is 0.141. The Labute approximate surface area is 128 Å². The molecule has 0 saturated heterocycles. The molecule has 0 spiro atoms. The number of nitrogens with zero attached hydrogens (tertiary/aromatic N) is 3. The molecule has 0 saturated carbocycles. The fourth-order valence-electron chi connectivity index (χ4n) is 2.70. The standard InChI is InChI=1S/C15H12BrN3O2/c16-12-7-10-4-6-21-14(10)11(8-12)9-19-15(20)18-5-2-1-3-13(18)17-19/h1-3,5,7-8H,4,6,9H2. The number of aromatic nitrogens is 3. The third-order valence-electron chi connectivity index (χ3n) is 3.63. The summed E-state index contributed by atoms with van der Waals surface area (Å²) in [6.07, 6.45) is 2.63. The third-order valence-corrected chi connectivity index (χ3v) is 4.09. The molecule has 4 rings (SSSR count). The highest BCUT2D eigenvalue weighted by Crippen LogP contribution is 2.33. The second-order valence-electron chi connectivity index (χ2n) is 5.02. The van der Waals surface area contributed by atoms with Gasteiger partial charge in [-0.3, -0.25) is 4.40 Å². The van der Waals surface area contributed by atoms with E-state index in [0.29, 0.717) is 18.8 Å². The van der Waals surface area contributed by atoms with Gasteiger partial charge in [-0.2, -0.15) is 0 Å². The lowest BCUT2D eigenvalue weighted by Gasteiger charge is -2.08. The summed E-state index contributed by atoms with van der Waals surface area (Å²) in [7, 11) is 0. The van der Waals surface area contributed by atoms with Gasteiger partial charge >= 0.3 is 5.69 Å². The normalized spacial score (nSPS) is 13.4. The summed E-state index contributed by atoms with van der Waals surface area (Å²) in [4.78, 5) is 12.3. The summed E-state index contributed by atoms with van der Waals surface area (Å²) < 4.78 is 9.71. The molecule has 6 heteroatoms. The van der Waals surface area contributed by atoms with E-state index in [1.54, 1.807) is 10.6 Å². The first-order chi connectivity index (χ1) is 10.2. The Bertz CT molecular complexity index is 898.